The number of ether oxygens (including phenoxy) is 1. The van der Waals surface area contributed by atoms with Crippen LogP contribution in [0.3, 0.4) is 0 Å². The van der Waals surface area contributed by atoms with E-state index < -0.39 is 0 Å². The molecule has 2 N–H and O–H groups in total. The van der Waals surface area contributed by atoms with Crippen LogP contribution in [0.1, 0.15) is 24.2 Å². The molecule has 0 radical (unpaired) electrons. The Hall–Kier alpha value is -1.32. The summed E-state index contributed by atoms with van der Waals surface area (Å²) in [6.07, 6.45) is 0.0797. The van der Waals surface area contributed by atoms with E-state index in [0.717, 1.165) is 15.7 Å². The van der Waals surface area contributed by atoms with E-state index >= 15 is 0 Å². The topological polar surface area (TPSA) is 35.2 Å². The predicted molar refractivity (Wildman–Crippen MR) is 78.2 cm³/mol. The minimum absolute atomic E-state index is 0.0797. The highest BCUT2D eigenvalue weighted by Gasteiger charge is 2.05. The lowest BCUT2D eigenvalue weighted by Crippen LogP contribution is -2.01. The largest absolute Gasteiger partial charge is 0.398 e. The van der Waals surface area contributed by atoms with Gasteiger partial charge in [-0.25, -0.2) is 0 Å². The molecule has 0 aliphatic carbocycles. The second kappa shape index (κ2) is 6.03. The highest BCUT2D eigenvalue weighted by Crippen LogP contribution is 2.22. The summed E-state index contributed by atoms with van der Waals surface area (Å²) in [5.41, 5.74) is 8.84. The molecule has 0 heterocycles. The summed E-state index contributed by atoms with van der Waals surface area (Å²) in [5, 5.41) is 0. The van der Waals surface area contributed by atoms with Gasteiger partial charge in [-0.1, -0.05) is 36.4 Å². The Kier molecular flexibility index (Phi) is 4.39. The number of anilines is 1. The van der Waals surface area contributed by atoms with Gasteiger partial charge < -0.3 is 10.5 Å². The maximum atomic E-state index is 5.84. The van der Waals surface area contributed by atoms with Gasteiger partial charge in [0.2, 0.25) is 0 Å². The smallest absolute Gasteiger partial charge is 0.0801 e. The average molecular weight is 306 g/mol. The van der Waals surface area contributed by atoms with Crippen LogP contribution in [0.2, 0.25) is 0 Å². The monoisotopic (exact) mass is 305 g/mol. The van der Waals surface area contributed by atoms with E-state index in [1.54, 1.807) is 0 Å². The van der Waals surface area contributed by atoms with Crippen LogP contribution in [0.25, 0.3) is 0 Å². The van der Waals surface area contributed by atoms with Crippen molar-refractivity contribution in [1.29, 1.82) is 0 Å². The lowest BCUT2D eigenvalue weighted by molar-refractivity contribution is 0.0526. The van der Waals surface area contributed by atoms with Crippen molar-refractivity contribution in [3.8, 4) is 0 Å². The molecule has 1 atom stereocenters. The molecule has 0 aliphatic rings. The van der Waals surface area contributed by atoms with Crippen molar-refractivity contribution in [3.63, 3.8) is 0 Å². The lowest BCUT2D eigenvalue weighted by Gasteiger charge is -2.13. The summed E-state index contributed by atoms with van der Waals surface area (Å²) in [6.45, 7) is 2.62. The van der Waals surface area contributed by atoms with Gasteiger partial charge in [0, 0.05) is 10.2 Å². The first-order chi connectivity index (χ1) is 8.66. The van der Waals surface area contributed by atoms with Crippen LogP contribution in [-0.2, 0) is 11.3 Å². The number of benzene rings is 2. The summed E-state index contributed by atoms with van der Waals surface area (Å²) in [4.78, 5) is 0. The first kappa shape index (κ1) is 13.1. The Morgan fingerprint density at radius 2 is 1.89 bits per heavy atom. The van der Waals surface area contributed by atoms with Crippen molar-refractivity contribution in [3.05, 3.63) is 64.1 Å². The Bertz CT molecular complexity index is 513. The van der Waals surface area contributed by atoms with E-state index in [0.29, 0.717) is 6.61 Å². The highest BCUT2D eigenvalue weighted by molar-refractivity contribution is 9.10. The molecular formula is C15H16BrNO. The van der Waals surface area contributed by atoms with Gasteiger partial charge in [0.1, 0.15) is 0 Å². The minimum Gasteiger partial charge on any atom is -0.398 e. The normalized spacial score (nSPS) is 12.3. The number of hydrogen-bond donors (Lipinski definition) is 1. The SMILES string of the molecule is CC(OCc1ccc(Br)c(N)c1)c1ccccc1. The van der Waals surface area contributed by atoms with E-state index in [2.05, 4.69) is 35.0 Å². The maximum absolute atomic E-state index is 5.84. The molecule has 0 fully saturated rings. The molecule has 2 aromatic carbocycles. The van der Waals surface area contributed by atoms with E-state index in [4.69, 9.17) is 10.5 Å². The number of nitrogens with two attached hydrogens (primary N) is 1. The van der Waals surface area contributed by atoms with Crippen LogP contribution in [0.15, 0.2) is 53.0 Å². The minimum atomic E-state index is 0.0797. The van der Waals surface area contributed by atoms with Gasteiger partial charge in [0.25, 0.3) is 0 Å². The second-order valence-corrected chi connectivity index (χ2v) is 5.07. The third-order valence-corrected chi connectivity index (χ3v) is 3.55. The second-order valence-electron chi connectivity index (χ2n) is 4.22. The van der Waals surface area contributed by atoms with Crippen molar-refractivity contribution < 1.29 is 4.74 Å². The first-order valence-corrected chi connectivity index (χ1v) is 6.66. The van der Waals surface area contributed by atoms with E-state index in [1.807, 2.05) is 36.4 Å². The summed E-state index contributed by atoms with van der Waals surface area (Å²) in [7, 11) is 0. The van der Waals surface area contributed by atoms with Crippen LogP contribution in [0, 0.1) is 0 Å². The third kappa shape index (κ3) is 3.34. The third-order valence-electron chi connectivity index (χ3n) is 2.83. The van der Waals surface area contributed by atoms with Gasteiger partial charge in [-0.05, 0) is 46.1 Å². The van der Waals surface area contributed by atoms with Crippen LogP contribution < -0.4 is 5.73 Å². The summed E-state index contributed by atoms with van der Waals surface area (Å²) in [6, 6.07) is 16.1. The van der Waals surface area contributed by atoms with Crippen LogP contribution in [-0.4, -0.2) is 0 Å². The fourth-order valence-electron chi connectivity index (χ4n) is 1.72. The first-order valence-electron chi connectivity index (χ1n) is 5.87. The van der Waals surface area contributed by atoms with E-state index in [1.165, 1.54) is 5.56 Å². The maximum Gasteiger partial charge on any atom is 0.0801 e. The summed E-state index contributed by atoms with van der Waals surface area (Å²) < 4.78 is 6.76. The van der Waals surface area contributed by atoms with Crippen molar-refractivity contribution in [2.45, 2.75) is 19.6 Å². The zero-order valence-corrected chi connectivity index (χ0v) is 11.9. The number of nitrogen functional groups attached to an aromatic ring is 1. The quantitative estimate of drug-likeness (QED) is 0.854. The fourth-order valence-corrected chi connectivity index (χ4v) is 1.97. The summed E-state index contributed by atoms with van der Waals surface area (Å²) in [5.74, 6) is 0. The molecule has 3 heteroatoms. The molecule has 0 saturated heterocycles. The van der Waals surface area contributed by atoms with Crippen LogP contribution in [0.4, 0.5) is 5.69 Å². The van der Waals surface area contributed by atoms with Gasteiger partial charge in [0.15, 0.2) is 0 Å². The molecule has 2 nitrogen and oxygen atoms in total. The molecule has 2 rings (SSSR count). The number of hydrogen-bond acceptors (Lipinski definition) is 2. The van der Waals surface area contributed by atoms with Gasteiger partial charge in [-0.15, -0.1) is 0 Å². The number of rotatable bonds is 4. The Morgan fingerprint density at radius 3 is 2.56 bits per heavy atom. The van der Waals surface area contributed by atoms with Crippen molar-refractivity contribution >= 4 is 21.6 Å². The molecule has 0 aliphatic heterocycles. The molecule has 0 amide bonds. The van der Waals surface area contributed by atoms with E-state index in [-0.39, 0.29) is 6.10 Å². The van der Waals surface area contributed by atoms with Gasteiger partial charge in [0.05, 0.1) is 12.7 Å². The predicted octanol–water partition coefficient (Wildman–Crippen LogP) is 4.31. The van der Waals surface area contributed by atoms with Crippen LogP contribution >= 0.6 is 15.9 Å². The number of halogens is 1. The molecule has 18 heavy (non-hydrogen) atoms. The molecule has 0 spiro atoms. The molecule has 0 aromatic heterocycles. The van der Waals surface area contributed by atoms with Gasteiger partial charge in [-0.2, -0.15) is 0 Å². The standard InChI is InChI=1S/C15H16BrNO/c1-11(13-5-3-2-4-6-13)18-10-12-7-8-14(16)15(17)9-12/h2-9,11H,10,17H2,1H3. The molecule has 1 unspecified atom stereocenters. The molecular weight excluding hydrogens is 290 g/mol. The van der Waals surface area contributed by atoms with Gasteiger partial charge >= 0.3 is 0 Å². The van der Waals surface area contributed by atoms with Crippen molar-refractivity contribution in [1.82, 2.24) is 0 Å². The van der Waals surface area contributed by atoms with Crippen molar-refractivity contribution in [2.24, 2.45) is 0 Å². The zero-order chi connectivity index (χ0) is 13.0. The van der Waals surface area contributed by atoms with Gasteiger partial charge in [-0.3, -0.25) is 0 Å². The van der Waals surface area contributed by atoms with Crippen molar-refractivity contribution in [2.75, 3.05) is 5.73 Å². The molecule has 94 valence electrons. The van der Waals surface area contributed by atoms with E-state index in [9.17, 15) is 0 Å². The molecule has 0 saturated carbocycles. The molecule has 2 aromatic rings. The Labute approximate surface area is 116 Å². The highest BCUT2D eigenvalue weighted by atomic mass is 79.9. The average Bonchev–Trinajstić information content (AvgIpc) is 2.41. The molecule has 0 bridgehead atoms. The fraction of sp³-hybridized carbons (Fsp3) is 0.200. The zero-order valence-electron chi connectivity index (χ0n) is 10.3. The Morgan fingerprint density at radius 1 is 1.17 bits per heavy atom. The van der Waals surface area contributed by atoms with Crippen LogP contribution in [0.5, 0.6) is 0 Å². The Balaban J connectivity index is 1.97. The lowest BCUT2D eigenvalue weighted by atomic mass is 10.1. The summed E-state index contributed by atoms with van der Waals surface area (Å²) >= 11 is 3.38.